The number of alkyl halides is 2. The van der Waals surface area contributed by atoms with Crippen molar-refractivity contribution in [2.24, 2.45) is 5.92 Å². The molecule has 8 heteroatoms. The summed E-state index contributed by atoms with van der Waals surface area (Å²) in [6.45, 7) is 4.50. The average molecular weight is 382 g/mol. The van der Waals surface area contributed by atoms with Crippen LogP contribution in [0.3, 0.4) is 0 Å². The number of piperidine rings is 1. The molecule has 28 heavy (non-hydrogen) atoms. The summed E-state index contributed by atoms with van der Waals surface area (Å²) in [6, 6.07) is 11.2. The smallest absolute Gasteiger partial charge is 0.280 e. The number of nitriles is 1. The van der Waals surface area contributed by atoms with Gasteiger partial charge in [0.25, 0.3) is 12.2 Å². The molecule has 0 saturated carbocycles. The summed E-state index contributed by atoms with van der Waals surface area (Å²) in [5.74, 6) is 0.568. The fraction of sp³-hybridized carbons (Fsp3) is 0.400. The largest absolute Gasteiger partial charge is 0.298 e. The number of fused-ring (bicyclic) bond motifs is 1. The van der Waals surface area contributed by atoms with Gasteiger partial charge in [-0.25, -0.2) is 18.3 Å². The summed E-state index contributed by atoms with van der Waals surface area (Å²) in [5.41, 5.74) is 2.17. The third-order valence-corrected chi connectivity index (χ3v) is 5.41. The number of aromatic nitrogens is 4. The van der Waals surface area contributed by atoms with Crippen LogP contribution >= 0.6 is 0 Å². The monoisotopic (exact) mass is 382 g/mol. The summed E-state index contributed by atoms with van der Waals surface area (Å²) >= 11 is 0. The predicted octanol–water partition coefficient (Wildman–Crippen LogP) is 3.56. The topological polar surface area (TPSA) is 70.1 Å². The van der Waals surface area contributed by atoms with E-state index in [-0.39, 0.29) is 17.4 Å². The standard InChI is InChI=1S/C20H20F2N6/c1-13-5-6-27(10-15-4-2-3-14(7-15)9-23)11-16(13)18-8-17(19(21)22)26-20-24-12-25-28(18)20/h2-4,7-8,12-13,16,19H,5-6,10-11H2,1H3/t13-,16-/m1/s1. The molecule has 1 aliphatic rings. The Morgan fingerprint density at radius 1 is 1.32 bits per heavy atom. The number of hydrogen-bond donors (Lipinski definition) is 0. The van der Waals surface area contributed by atoms with Crippen molar-refractivity contribution in [3.63, 3.8) is 0 Å². The molecule has 0 unspecified atom stereocenters. The lowest BCUT2D eigenvalue weighted by Crippen LogP contribution is -2.38. The van der Waals surface area contributed by atoms with Crippen molar-refractivity contribution in [2.75, 3.05) is 13.1 Å². The van der Waals surface area contributed by atoms with Gasteiger partial charge in [-0.05, 0) is 42.6 Å². The first-order valence-electron chi connectivity index (χ1n) is 9.25. The van der Waals surface area contributed by atoms with E-state index in [0.717, 1.165) is 30.8 Å². The van der Waals surface area contributed by atoms with Crippen LogP contribution in [-0.4, -0.2) is 37.6 Å². The molecule has 6 nitrogen and oxygen atoms in total. The quantitative estimate of drug-likeness (QED) is 0.690. The van der Waals surface area contributed by atoms with E-state index in [0.29, 0.717) is 18.0 Å². The lowest BCUT2D eigenvalue weighted by atomic mass is 9.84. The fourth-order valence-corrected chi connectivity index (χ4v) is 3.89. The van der Waals surface area contributed by atoms with Gasteiger partial charge in [0.15, 0.2) is 0 Å². The zero-order valence-corrected chi connectivity index (χ0v) is 15.5. The molecule has 0 aliphatic carbocycles. The van der Waals surface area contributed by atoms with Crippen LogP contribution < -0.4 is 0 Å². The second-order valence-electron chi connectivity index (χ2n) is 7.30. The van der Waals surface area contributed by atoms with E-state index in [2.05, 4.69) is 33.0 Å². The molecule has 4 rings (SSSR count). The molecule has 2 aromatic heterocycles. The van der Waals surface area contributed by atoms with Gasteiger partial charge in [-0.3, -0.25) is 4.90 Å². The Morgan fingerprint density at radius 3 is 2.96 bits per heavy atom. The van der Waals surface area contributed by atoms with Crippen molar-refractivity contribution >= 4 is 5.78 Å². The average Bonchev–Trinajstić information content (AvgIpc) is 3.17. The molecule has 1 aliphatic heterocycles. The van der Waals surface area contributed by atoms with E-state index >= 15 is 0 Å². The van der Waals surface area contributed by atoms with Crippen LogP contribution in [-0.2, 0) is 6.54 Å². The van der Waals surface area contributed by atoms with Crippen LogP contribution in [0, 0.1) is 17.2 Å². The molecule has 3 aromatic rings. The second-order valence-corrected chi connectivity index (χ2v) is 7.30. The van der Waals surface area contributed by atoms with Crippen LogP contribution in [0.25, 0.3) is 5.78 Å². The Morgan fingerprint density at radius 2 is 2.18 bits per heavy atom. The van der Waals surface area contributed by atoms with Crippen molar-refractivity contribution in [3.8, 4) is 6.07 Å². The number of nitrogens with zero attached hydrogens (tertiary/aromatic N) is 6. The van der Waals surface area contributed by atoms with Crippen molar-refractivity contribution in [2.45, 2.75) is 32.2 Å². The van der Waals surface area contributed by atoms with Gasteiger partial charge in [0, 0.05) is 19.0 Å². The molecule has 0 radical (unpaired) electrons. The van der Waals surface area contributed by atoms with E-state index < -0.39 is 6.43 Å². The van der Waals surface area contributed by atoms with Gasteiger partial charge in [0.2, 0.25) is 0 Å². The van der Waals surface area contributed by atoms with E-state index in [1.54, 1.807) is 10.6 Å². The highest BCUT2D eigenvalue weighted by molar-refractivity contribution is 5.34. The first-order valence-corrected chi connectivity index (χ1v) is 9.25. The zero-order chi connectivity index (χ0) is 19.7. The van der Waals surface area contributed by atoms with Gasteiger partial charge < -0.3 is 0 Å². The third-order valence-electron chi connectivity index (χ3n) is 5.41. The predicted molar refractivity (Wildman–Crippen MR) is 98.7 cm³/mol. The lowest BCUT2D eigenvalue weighted by molar-refractivity contribution is 0.143. The molecular formula is C20H20F2N6. The number of rotatable bonds is 4. The van der Waals surface area contributed by atoms with Crippen LogP contribution in [0.4, 0.5) is 8.78 Å². The van der Waals surface area contributed by atoms with Crippen LogP contribution in [0.2, 0.25) is 0 Å². The first-order chi connectivity index (χ1) is 13.5. The Bertz CT molecular complexity index is 1020. The lowest BCUT2D eigenvalue weighted by Gasteiger charge is -2.37. The molecule has 1 aromatic carbocycles. The summed E-state index contributed by atoms with van der Waals surface area (Å²) in [4.78, 5) is 10.2. The Kier molecular flexibility index (Phi) is 5.01. The van der Waals surface area contributed by atoms with Crippen LogP contribution in [0.5, 0.6) is 0 Å². The van der Waals surface area contributed by atoms with Gasteiger partial charge in [0.1, 0.15) is 12.0 Å². The van der Waals surface area contributed by atoms with Crippen molar-refractivity contribution in [1.82, 2.24) is 24.5 Å². The van der Waals surface area contributed by atoms with Crippen molar-refractivity contribution in [1.29, 1.82) is 5.26 Å². The SMILES string of the molecule is C[C@@H]1CCN(Cc2cccc(C#N)c2)C[C@H]1c1cc(C(F)F)nc2ncnn12. The summed E-state index contributed by atoms with van der Waals surface area (Å²) in [5, 5.41) is 13.3. The van der Waals surface area contributed by atoms with Crippen LogP contribution in [0.15, 0.2) is 36.7 Å². The van der Waals surface area contributed by atoms with Gasteiger partial charge in [-0.15, -0.1) is 0 Å². The maximum atomic E-state index is 13.3. The minimum Gasteiger partial charge on any atom is -0.298 e. The van der Waals surface area contributed by atoms with Gasteiger partial charge >= 0.3 is 0 Å². The van der Waals surface area contributed by atoms with Gasteiger partial charge in [0.05, 0.1) is 17.3 Å². The molecule has 3 heterocycles. The Hall–Kier alpha value is -2.92. The van der Waals surface area contributed by atoms with E-state index in [4.69, 9.17) is 5.26 Å². The molecule has 0 bridgehead atoms. The van der Waals surface area contributed by atoms with E-state index in [1.165, 1.54) is 12.4 Å². The van der Waals surface area contributed by atoms with Crippen LogP contribution in [0.1, 0.15) is 48.2 Å². The molecule has 0 amide bonds. The van der Waals surface area contributed by atoms with Crippen molar-refractivity contribution in [3.05, 3.63) is 59.2 Å². The highest BCUT2D eigenvalue weighted by Gasteiger charge is 2.31. The fourth-order valence-electron chi connectivity index (χ4n) is 3.89. The second kappa shape index (κ2) is 7.60. The van der Waals surface area contributed by atoms with Gasteiger partial charge in [-0.1, -0.05) is 19.1 Å². The minimum absolute atomic E-state index is 0.0394. The van der Waals surface area contributed by atoms with E-state index in [1.807, 2.05) is 18.2 Å². The molecule has 1 fully saturated rings. The summed E-state index contributed by atoms with van der Waals surface area (Å²) in [7, 11) is 0. The Balaban J connectivity index is 1.63. The molecule has 0 N–H and O–H groups in total. The Labute approximate surface area is 161 Å². The maximum absolute atomic E-state index is 13.3. The maximum Gasteiger partial charge on any atom is 0.280 e. The first kappa shape index (κ1) is 18.4. The van der Waals surface area contributed by atoms with Crippen molar-refractivity contribution < 1.29 is 8.78 Å². The molecule has 144 valence electrons. The number of halogens is 2. The number of hydrogen-bond acceptors (Lipinski definition) is 5. The number of likely N-dealkylation sites (tertiary alicyclic amines) is 1. The minimum atomic E-state index is -2.65. The zero-order valence-electron chi connectivity index (χ0n) is 15.5. The van der Waals surface area contributed by atoms with Gasteiger partial charge in [-0.2, -0.15) is 15.3 Å². The molecule has 0 spiro atoms. The highest BCUT2D eigenvalue weighted by atomic mass is 19.3. The van der Waals surface area contributed by atoms with E-state index in [9.17, 15) is 8.78 Å². The molecule has 2 atom stereocenters. The summed E-state index contributed by atoms with van der Waals surface area (Å²) < 4.78 is 28.2. The molecular weight excluding hydrogens is 362 g/mol. The number of benzene rings is 1. The molecule has 1 saturated heterocycles. The summed E-state index contributed by atoms with van der Waals surface area (Å²) in [6.07, 6.45) is -0.352. The third kappa shape index (κ3) is 3.58. The highest BCUT2D eigenvalue weighted by Crippen LogP contribution is 2.34. The normalized spacial score (nSPS) is 20.5.